The largest absolute Gasteiger partial charge is 0.377 e. The molecule has 0 aliphatic heterocycles. The SMILES string of the molecule is CCn1cc(C(C)Nc2ccccc2NS(C)(=O)=O)cn1. The van der Waals surface area contributed by atoms with Crippen molar-refractivity contribution in [3.05, 3.63) is 42.2 Å². The molecular formula is C14H20N4O2S. The number of hydrogen-bond donors (Lipinski definition) is 2. The van der Waals surface area contributed by atoms with Crippen molar-refractivity contribution < 1.29 is 8.42 Å². The number of nitrogens with one attached hydrogen (secondary N) is 2. The maximum atomic E-state index is 11.4. The van der Waals surface area contributed by atoms with Crippen LogP contribution in [-0.2, 0) is 16.6 Å². The standard InChI is InChI=1S/C14H20N4O2S/c1-4-18-10-12(9-15-18)11(2)16-13-7-5-6-8-14(13)17-21(3,19)20/h5-11,16-17H,4H2,1-3H3. The molecule has 0 amide bonds. The molecule has 2 aromatic rings. The highest BCUT2D eigenvalue weighted by molar-refractivity contribution is 7.92. The Bertz CT molecular complexity index is 709. The molecule has 0 fully saturated rings. The molecule has 114 valence electrons. The number of aromatic nitrogens is 2. The zero-order valence-electron chi connectivity index (χ0n) is 12.4. The molecule has 1 heterocycles. The third-order valence-corrected chi connectivity index (χ3v) is 3.66. The highest BCUT2D eigenvalue weighted by atomic mass is 32.2. The smallest absolute Gasteiger partial charge is 0.229 e. The van der Waals surface area contributed by atoms with Crippen LogP contribution in [0.5, 0.6) is 0 Å². The van der Waals surface area contributed by atoms with Crippen molar-refractivity contribution >= 4 is 21.4 Å². The third kappa shape index (κ3) is 4.22. The average molecular weight is 308 g/mol. The van der Waals surface area contributed by atoms with E-state index in [0.29, 0.717) is 5.69 Å². The Balaban J connectivity index is 2.19. The number of benzene rings is 1. The summed E-state index contributed by atoms with van der Waals surface area (Å²) in [5.74, 6) is 0. The number of aryl methyl sites for hydroxylation is 1. The van der Waals surface area contributed by atoms with Gasteiger partial charge < -0.3 is 5.32 Å². The van der Waals surface area contributed by atoms with Crippen LogP contribution in [0.2, 0.25) is 0 Å². The van der Waals surface area contributed by atoms with Crippen LogP contribution in [0.1, 0.15) is 25.5 Å². The molecule has 0 radical (unpaired) electrons. The minimum atomic E-state index is -3.31. The monoisotopic (exact) mass is 308 g/mol. The van der Waals surface area contributed by atoms with Crippen molar-refractivity contribution in [3.63, 3.8) is 0 Å². The molecule has 1 aromatic carbocycles. The summed E-state index contributed by atoms with van der Waals surface area (Å²) < 4.78 is 27.2. The fourth-order valence-electron chi connectivity index (χ4n) is 1.99. The summed E-state index contributed by atoms with van der Waals surface area (Å²) in [6.07, 6.45) is 4.93. The lowest BCUT2D eigenvalue weighted by molar-refractivity contribution is 0.607. The molecule has 7 heteroatoms. The summed E-state index contributed by atoms with van der Waals surface area (Å²) in [4.78, 5) is 0. The molecule has 0 saturated carbocycles. The number of hydrogen-bond acceptors (Lipinski definition) is 4. The fourth-order valence-corrected chi connectivity index (χ4v) is 2.57. The molecule has 1 aromatic heterocycles. The van der Waals surface area contributed by atoms with E-state index in [4.69, 9.17) is 0 Å². The maximum Gasteiger partial charge on any atom is 0.229 e. The molecule has 21 heavy (non-hydrogen) atoms. The van der Waals surface area contributed by atoms with Crippen LogP contribution in [0, 0.1) is 0 Å². The molecule has 2 rings (SSSR count). The third-order valence-electron chi connectivity index (χ3n) is 3.07. The zero-order valence-corrected chi connectivity index (χ0v) is 13.2. The van der Waals surface area contributed by atoms with E-state index in [9.17, 15) is 8.42 Å². The zero-order chi connectivity index (χ0) is 15.5. The van der Waals surface area contributed by atoms with Crippen LogP contribution in [0.4, 0.5) is 11.4 Å². The molecule has 1 atom stereocenters. The van der Waals surface area contributed by atoms with E-state index in [2.05, 4.69) is 15.1 Å². The first-order valence-corrected chi connectivity index (χ1v) is 8.64. The molecule has 0 bridgehead atoms. The molecular weight excluding hydrogens is 288 g/mol. The van der Waals surface area contributed by atoms with Gasteiger partial charge in [-0.15, -0.1) is 0 Å². The van der Waals surface area contributed by atoms with Crippen molar-refractivity contribution in [2.75, 3.05) is 16.3 Å². The van der Waals surface area contributed by atoms with Crippen LogP contribution in [0.25, 0.3) is 0 Å². The van der Waals surface area contributed by atoms with Gasteiger partial charge in [-0.2, -0.15) is 5.10 Å². The van der Waals surface area contributed by atoms with Crippen LogP contribution in [0.3, 0.4) is 0 Å². The predicted octanol–water partition coefficient (Wildman–Crippen LogP) is 2.45. The minimum Gasteiger partial charge on any atom is -0.377 e. The van der Waals surface area contributed by atoms with Gasteiger partial charge in [0.25, 0.3) is 0 Å². The number of anilines is 2. The van der Waals surface area contributed by atoms with E-state index in [-0.39, 0.29) is 6.04 Å². The van der Waals surface area contributed by atoms with Crippen molar-refractivity contribution in [1.82, 2.24) is 9.78 Å². The minimum absolute atomic E-state index is 0.0211. The first-order chi connectivity index (χ1) is 9.89. The molecule has 0 aliphatic rings. The summed E-state index contributed by atoms with van der Waals surface area (Å²) in [5.41, 5.74) is 2.32. The highest BCUT2D eigenvalue weighted by Crippen LogP contribution is 2.26. The van der Waals surface area contributed by atoms with Crippen LogP contribution < -0.4 is 10.0 Å². The molecule has 6 nitrogen and oxygen atoms in total. The lowest BCUT2D eigenvalue weighted by Gasteiger charge is -2.17. The van der Waals surface area contributed by atoms with E-state index < -0.39 is 10.0 Å². The van der Waals surface area contributed by atoms with E-state index in [1.807, 2.05) is 43.1 Å². The molecule has 0 aliphatic carbocycles. The lowest BCUT2D eigenvalue weighted by atomic mass is 10.1. The van der Waals surface area contributed by atoms with Gasteiger partial charge in [-0.1, -0.05) is 12.1 Å². The second-order valence-electron chi connectivity index (χ2n) is 4.92. The van der Waals surface area contributed by atoms with Crippen molar-refractivity contribution in [3.8, 4) is 0 Å². The van der Waals surface area contributed by atoms with E-state index in [0.717, 1.165) is 24.1 Å². The lowest BCUT2D eigenvalue weighted by Crippen LogP contribution is -2.13. The Labute approximate surface area is 125 Å². The maximum absolute atomic E-state index is 11.4. The van der Waals surface area contributed by atoms with Gasteiger partial charge in [0.1, 0.15) is 0 Å². The molecule has 1 unspecified atom stereocenters. The Morgan fingerprint density at radius 3 is 2.52 bits per heavy atom. The first-order valence-electron chi connectivity index (χ1n) is 6.74. The van der Waals surface area contributed by atoms with Gasteiger partial charge in [0, 0.05) is 18.3 Å². The van der Waals surface area contributed by atoms with Crippen molar-refractivity contribution in [2.45, 2.75) is 26.4 Å². The van der Waals surface area contributed by atoms with Gasteiger partial charge in [-0.25, -0.2) is 8.42 Å². The van der Waals surface area contributed by atoms with Gasteiger partial charge in [-0.05, 0) is 26.0 Å². The summed E-state index contributed by atoms with van der Waals surface area (Å²) in [6.45, 7) is 4.85. The van der Waals surface area contributed by atoms with E-state index >= 15 is 0 Å². The van der Waals surface area contributed by atoms with Crippen LogP contribution in [0.15, 0.2) is 36.7 Å². The Kier molecular flexibility index (Phi) is 4.52. The quantitative estimate of drug-likeness (QED) is 0.859. The van der Waals surface area contributed by atoms with Crippen molar-refractivity contribution in [1.29, 1.82) is 0 Å². The summed E-state index contributed by atoms with van der Waals surface area (Å²) in [7, 11) is -3.31. The number of para-hydroxylation sites is 2. The van der Waals surface area contributed by atoms with Crippen LogP contribution >= 0.6 is 0 Å². The summed E-state index contributed by atoms with van der Waals surface area (Å²) >= 11 is 0. The second kappa shape index (κ2) is 6.17. The highest BCUT2D eigenvalue weighted by Gasteiger charge is 2.12. The van der Waals surface area contributed by atoms with Crippen molar-refractivity contribution in [2.24, 2.45) is 0 Å². The fraction of sp³-hybridized carbons (Fsp3) is 0.357. The van der Waals surface area contributed by atoms with E-state index in [1.165, 1.54) is 0 Å². The predicted molar refractivity (Wildman–Crippen MR) is 84.8 cm³/mol. The van der Waals surface area contributed by atoms with Gasteiger partial charge in [0.15, 0.2) is 0 Å². The molecule has 0 saturated heterocycles. The molecule has 0 spiro atoms. The van der Waals surface area contributed by atoms with E-state index in [1.54, 1.807) is 12.1 Å². The van der Waals surface area contributed by atoms with Gasteiger partial charge in [-0.3, -0.25) is 9.40 Å². The normalized spacial score (nSPS) is 12.9. The van der Waals surface area contributed by atoms with Gasteiger partial charge in [0.05, 0.1) is 29.9 Å². The van der Waals surface area contributed by atoms with Gasteiger partial charge in [0.2, 0.25) is 10.0 Å². The molecule has 2 N–H and O–H groups in total. The number of rotatable bonds is 6. The van der Waals surface area contributed by atoms with Crippen LogP contribution in [-0.4, -0.2) is 24.5 Å². The number of sulfonamides is 1. The summed E-state index contributed by atoms with van der Waals surface area (Å²) in [5, 5.41) is 7.55. The van der Waals surface area contributed by atoms with Gasteiger partial charge >= 0.3 is 0 Å². The second-order valence-corrected chi connectivity index (χ2v) is 6.66. The number of nitrogens with zero attached hydrogens (tertiary/aromatic N) is 2. The Morgan fingerprint density at radius 1 is 1.29 bits per heavy atom. The summed E-state index contributed by atoms with van der Waals surface area (Å²) in [6, 6.07) is 7.24. The average Bonchev–Trinajstić information content (AvgIpc) is 2.88. The Hall–Kier alpha value is -2.02. The topological polar surface area (TPSA) is 76.0 Å². The first kappa shape index (κ1) is 15.4. The Morgan fingerprint density at radius 2 is 1.95 bits per heavy atom.